The molecule has 3 nitrogen and oxygen atoms in total. The third-order valence-electron chi connectivity index (χ3n) is 2.01. The van der Waals surface area contributed by atoms with E-state index in [1.54, 1.807) is 12.3 Å². The van der Waals surface area contributed by atoms with Crippen LogP contribution in [0.25, 0.3) is 0 Å². The summed E-state index contributed by atoms with van der Waals surface area (Å²) in [5.74, 6) is 0.556. The van der Waals surface area contributed by atoms with Crippen molar-refractivity contribution in [3.63, 3.8) is 0 Å². The number of hydrogen-bond donors (Lipinski definition) is 1. The summed E-state index contributed by atoms with van der Waals surface area (Å²) in [4.78, 5) is 12.4. The van der Waals surface area contributed by atoms with Crippen LogP contribution in [0.4, 0.5) is 0 Å². The minimum atomic E-state index is -0.798. The Labute approximate surface area is 110 Å². The van der Waals surface area contributed by atoms with Crippen LogP contribution in [-0.4, -0.2) is 28.2 Å². The minimum absolute atomic E-state index is 0.0530. The van der Waals surface area contributed by atoms with Gasteiger partial charge < -0.3 is 5.32 Å². The average molecular weight is 324 g/mol. The highest BCUT2D eigenvalue weighted by Gasteiger charge is 2.11. The van der Waals surface area contributed by atoms with E-state index in [0.29, 0.717) is 10.6 Å². The second-order valence-corrected chi connectivity index (χ2v) is 7.56. The van der Waals surface area contributed by atoms with Gasteiger partial charge in [-0.1, -0.05) is 0 Å². The zero-order chi connectivity index (χ0) is 12.1. The Morgan fingerprint density at radius 1 is 1.62 bits per heavy atom. The zero-order valence-corrected chi connectivity index (χ0v) is 12.4. The first-order valence-corrected chi connectivity index (χ1v) is 8.19. The van der Waals surface area contributed by atoms with Gasteiger partial charge in [-0.3, -0.25) is 9.00 Å². The SMILES string of the molecule is CC(CCS(C)=O)NC(=O)c1ccc(Br)s1. The van der Waals surface area contributed by atoms with Crippen LogP contribution >= 0.6 is 27.3 Å². The van der Waals surface area contributed by atoms with E-state index >= 15 is 0 Å². The van der Waals surface area contributed by atoms with Gasteiger partial charge in [-0.15, -0.1) is 11.3 Å². The van der Waals surface area contributed by atoms with Crippen molar-refractivity contribution >= 4 is 44.0 Å². The maximum Gasteiger partial charge on any atom is 0.261 e. The van der Waals surface area contributed by atoms with Crippen molar-refractivity contribution in [2.45, 2.75) is 19.4 Å². The van der Waals surface area contributed by atoms with Gasteiger partial charge in [0, 0.05) is 28.9 Å². The lowest BCUT2D eigenvalue weighted by molar-refractivity contribution is 0.0943. The fraction of sp³-hybridized carbons (Fsp3) is 0.500. The van der Waals surface area contributed by atoms with Crippen molar-refractivity contribution in [3.05, 3.63) is 20.8 Å². The molecule has 1 amide bonds. The van der Waals surface area contributed by atoms with Crippen LogP contribution < -0.4 is 5.32 Å². The molecule has 0 bridgehead atoms. The van der Waals surface area contributed by atoms with Gasteiger partial charge in [-0.25, -0.2) is 0 Å². The van der Waals surface area contributed by atoms with Crippen LogP contribution in [0, 0.1) is 0 Å². The molecule has 0 aliphatic heterocycles. The predicted molar refractivity (Wildman–Crippen MR) is 72.5 cm³/mol. The van der Waals surface area contributed by atoms with Crippen LogP contribution in [0.15, 0.2) is 15.9 Å². The molecule has 0 aliphatic carbocycles. The maximum atomic E-state index is 11.7. The monoisotopic (exact) mass is 323 g/mol. The molecule has 0 saturated heterocycles. The Balaban J connectivity index is 2.42. The standard InChI is InChI=1S/C10H14BrNO2S2/c1-7(5-6-16(2)14)12-10(13)8-3-4-9(11)15-8/h3-4,7H,5-6H2,1-2H3,(H,12,13). The molecule has 2 atom stereocenters. The first kappa shape index (κ1) is 13.9. The summed E-state index contributed by atoms with van der Waals surface area (Å²) >= 11 is 4.72. The topological polar surface area (TPSA) is 46.2 Å². The largest absolute Gasteiger partial charge is 0.349 e. The van der Waals surface area contributed by atoms with Crippen LogP contribution in [0.1, 0.15) is 23.0 Å². The first-order valence-electron chi connectivity index (χ1n) is 4.85. The Hall–Kier alpha value is -0.200. The van der Waals surface area contributed by atoms with E-state index in [4.69, 9.17) is 0 Å². The van der Waals surface area contributed by atoms with Crippen LogP contribution in [0.3, 0.4) is 0 Å². The molecule has 1 N–H and O–H groups in total. The van der Waals surface area contributed by atoms with Crippen molar-refractivity contribution in [1.29, 1.82) is 0 Å². The summed E-state index contributed by atoms with van der Waals surface area (Å²) in [6.07, 6.45) is 2.41. The number of carbonyl (C=O) groups is 1. The van der Waals surface area contributed by atoms with Gasteiger partial charge in [-0.2, -0.15) is 0 Å². The molecule has 1 aromatic heterocycles. The number of thiophene rings is 1. The first-order chi connectivity index (χ1) is 7.49. The van der Waals surface area contributed by atoms with E-state index in [9.17, 15) is 9.00 Å². The van der Waals surface area contributed by atoms with E-state index in [-0.39, 0.29) is 11.9 Å². The van der Waals surface area contributed by atoms with Gasteiger partial charge in [0.25, 0.3) is 5.91 Å². The lowest BCUT2D eigenvalue weighted by atomic mass is 10.2. The Morgan fingerprint density at radius 2 is 2.31 bits per heavy atom. The molecular formula is C10H14BrNO2S2. The summed E-state index contributed by atoms with van der Waals surface area (Å²) < 4.78 is 11.8. The molecule has 0 fully saturated rings. The van der Waals surface area contributed by atoms with Crippen LogP contribution in [-0.2, 0) is 10.8 Å². The van der Waals surface area contributed by atoms with Gasteiger partial charge in [0.1, 0.15) is 0 Å². The molecule has 1 aromatic rings. The minimum Gasteiger partial charge on any atom is -0.349 e. The van der Waals surface area contributed by atoms with Gasteiger partial charge in [0.05, 0.1) is 8.66 Å². The van der Waals surface area contributed by atoms with E-state index < -0.39 is 10.8 Å². The fourth-order valence-corrected chi connectivity index (χ4v) is 3.12. The third kappa shape index (κ3) is 4.76. The molecule has 6 heteroatoms. The van der Waals surface area contributed by atoms with Gasteiger partial charge >= 0.3 is 0 Å². The molecule has 1 heterocycles. The quantitative estimate of drug-likeness (QED) is 0.904. The smallest absolute Gasteiger partial charge is 0.261 e. The molecule has 0 aliphatic rings. The summed E-state index contributed by atoms with van der Waals surface area (Å²) in [6, 6.07) is 3.69. The number of halogens is 1. The van der Waals surface area contributed by atoms with E-state index in [1.807, 2.05) is 13.0 Å². The maximum absolute atomic E-state index is 11.7. The van der Waals surface area contributed by atoms with Gasteiger partial charge in [0.2, 0.25) is 0 Å². The number of amides is 1. The Bertz CT molecular complexity index is 392. The summed E-state index contributed by atoms with van der Waals surface area (Å²) in [5, 5.41) is 2.88. The number of rotatable bonds is 5. The Morgan fingerprint density at radius 3 is 2.81 bits per heavy atom. The van der Waals surface area contributed by atoms with Crippen LogP contribution in [0.2, 0.25) is 0 Å². The van der Waals surface area contributed by atoms with Crippen molar-refractivity contribution in [3.8, 4) is 0 Å². The highest BCUT2D eigenvalue weighted by atomic mass is 79.9. The van der Waals surface area contributed by atoms with Crippen LogP contribution in [0.5, 0.6) is 0 Å². The number of nitrogens with one attached hydrogen (secondary N) is 1. The molecule has 2 unspecified atom stereocenters. The van der Waals surface area contributed by atoms with E-state index in [1.165, 1.54) is 11.3 Å². The van der Waals surface area contributed by atoms with Crippen molar-refractivity contribution < 1.29 is 9.00 Å². The Kier molecular flexibility index (Phi) is 5.64. The summed E-state index contributed by atoms with van der Waals surface area (Å²) in [7, 11) is -0.798. The lowest BCUT2D eigenvalue weighted by Gasteiger charge is -2.11. The highest BCUT2D eigenvalue weighted by molar-refractivity contribution is 9.11. The second-order valence-electron chi connectivity index (χ2n) is 3.54. The van der Waals surface area contributed by atoms with Gasteiger partial charge in [-0.05, 0) is 41.4 Å². The zero-order valence-electron chi connectivity index (χ0n) is 9.16. The molecule has 0 aromatic carbocycles. The molecule has 0 spiro atoms. The number of carbonyl (C=O) groups excluding carboxylic acids is 1. The van der Waals surface area contributed by atoms with E-state index in [0.717, 1.165) is 10.2 Å². The second kappa shape index (κ2) is 6.51. The van der Waals surface area contributed by atoms with E-state index in [2.05, 4.69) is 21.2 Å². The van der Waals surface area contributed by atoms with Gasteiger partial charge in [0.15, 0.2) is 0 Å². The predicted octanol–water partition coefficient (Wildman–Crippen LogP) is 2.40. The summed E-state index contributed by atoms with van der Waals surface area (Å²) in [6.45, 7) is 1.92. The normalized spacial score (nSPS) is 14.4. The van der Waals surface area contributed by atoms with Crippen molar-refractivity contribution in [1.82, 2.24) is 5.32 Å². The molecular weight excluding hydrogens is 310 g/mol. The lowest BCUT2D eigenvalue weighted by Crippen LogP contribution is -2.33. The van der Waals surface area contributed by atoms with Crippen molar-refractivity contribution in [2.75, 3.05) is 12.0 Å². The average Bonchev–Trinajstić information content (AvgIpc) is 2.62. The third-order valence-corrected chi connectivity index (χ3v) is 4.45. The highest BCUT2D eigenvalue weighted by Crippen LogP contribution is 2.21. The molecule has 0 radical (unpaired) electrons. The molecule has 0 saturated carbocycles. The van der Waals surface area contributed by atoms with Crippen molar-refractivity contribution in [2.24, 2.45) is 0 Å². The molecule has 1 rings (SSSR count). The summed E-state index contributed by atoms with van der Waals surface area (Å²) in [5.41, 5.74) is 0. The molecule has 16 heavy (non-hydrogen) atoms. The fourth-order valence-electron chi connectivity index (χ4n) is 1.15. The number of hydrogen-bond acceptors (Lipinski definition) is 3. The molecule has 90 valence electrons.